The van der Waals surface area contributed by atoms with Crippen LogP contribution in [-0.4, -0.2) is 31.5 Å². The number of amidine groups is 1. The monoisotopic (exact) mass is 397 g/mol. The average molecular weight is 398 g/mol. The minimum absolute atomic E-state index is 0.0916. The van der Waals surface area contributed by atoms with Crippen LogP contribution in [0.4, 0.5) is 0 Å². The second-order valence-electron chi connectivity index (χ2n) is 8.08. The van der Waals surface area contributed by atoms with E-state index in [1.807, 2.05) is 43.4 Å². The molecule has 2 unspecified atom stereocenters. The SMILES string of the molecule is C=NC1=CC(C)(C)C=C1C(=NC)C1NC(c2ccccc2)=NC(c2ccccc2)N1. The molecular weight excluding hydrogens is 370 g/mol. The summed E-state index contributed by atoms with van der Waals surface area (Å²) in [4.78, 5) is 13.9. The normalized spacial score (nSPS) is 23.2. The summed E-state index contributed by atoms with van der Waals surface area (Å²) < 4.78 is 0. The van der Waals surface area contributed by atoms with Gasteiger partial charge in [0, 0.05) is 23.6 Å². The first-order valence-corrected chi connectivity index (χ1v) is 10.1. The molecule has 152 valence electrons. The van der Waals surface area contributed by atoms with Gasteiger partial charge in [0.15, 0.2) is 0 Å². The molecule has 0 radical (unpaired) electrons. The van der Waals surface area contributed by atoms with Gasteiger partial charge < -0.3 is 5.32 Å². The van der Waals surface area contributed by atoms with Gasteiger partial charge in [0.1, 0.15) is 18.2 Å². The maximum absolute atomic E-state index is 4.95. The summed E-state index contributed by atoms with van der Waals surface area (Å²) in [5.74, 6) is 0.837. The standard InChI is InChI=1S/C25H27N5/c1-25(2)15-19(20(16-25)26-3)21(27-4)24-29-22(17-11-7-5-8-12-17)28-23(30-24)18-13-9-6-10-14-18/h5-16,22,24,29H,3H2,1-2,4H3,(H,28,30). The minimum atomic E-state index is -0.224. The summed E-state index contributed by atoms with van der Waals surface area (Å²) >= 11 is 0. The van der Waals surface area contributed by atoms with Gasteiger partial charge in [0.05, 0.1) is 11.4 Å². The van der Waals surface area contributed by atoms with Gasteiger partial charge in [0.2, 0.25) is 0 Å². The maximum Gasteiger partial charge on any atom is 0.131 e. The largest absolute Gasteiger partial charge is 0.349 e. The van der Waals surface area contributed by atoms with Crippen LogP contribution < -0.4 is 10.6 Å². The van der Waals surface area contributed by atoms with E-state index in [9.17, 15) is 0 Å². The molecule has 0 saturated heterocycles. The fourth-order valence-corrected chi connectivity index (χ4v) is 3.91. The number of rotatable bonds is 5. The summed E-state index contributed by atoms with van der Waals surface area (Å²) in [7, 11) is 1.82. The van der Waals surface area contributed by atoms with E-state index in [1.165, 1.54) is 0 Å². The molecule has 0 amide bonds. The summed E-state index contributed by atoms with van der Waals surface area (Å²) in [5.41, 5.74) is 4.81. The lowest BCUT2D eigenvalue weighted by atomic mass is 9.95. The third-order valence-corrected chi connectivity index (χ3v) is 5.29. The third kappa shape index (κ3) is 4.02. The van der Waals surface area contributed by atoms with Gasteiger partial charge in [-0.05, 0) is 18.4 Å². The van der Waals surface area contributed by atoms with Crippen molar-refractivity contribution in [3.63, 3.8) is 0 Å². The van der Waals surface area contributed by atoms with E-state index >= 15 is 0 Å². The summed E-state index contributed by atoms with van der Waals surface area (Å²) in [5, 5.41) is 7.16. The van der Waals surface area contributed by atoms with Crippen LogP contribution in [-0.2, 0) is 0 Å². The van der Waals surface area contributed by atoms with Crippen molar-refractivity contribution in [2.24, 2.45) is 20.4 Å². The van der Waals surface area contributed by atoms with E-state index in [0.29, 0.717) is 0 Å². The molecule has 5 heteroatoms. The second-order valence-corrected chi connectivity index (χ2v) is 8.08. The van der Waals surface area contributed by atoms with Gasteiger partial charge in [-0.25, -0.2) is 4.99 Å². The molecule has 0 fully saturated rings. The van der Waals surface area contributed by atoms with Crippen LogP contribution in [0.1, 0.15) is 31.1 Å². The Morgan fingerprint density at radius 2 is 1.67 bits per heavy atom. The Morgan fingerprint density at radius 1 is 1.00 bits per heavy atom. The molecule has 2 aromatic carbocycles. The van der Waals surface area contributed by atoms with Crippen molar-refractivity contribution < 1.29 is 0 Å². The molecule has 5 nitrogen and oxygen atoms in total. The summed E-state index contributed by atoms with van der Waals surface area (Å²) in [6.45, 7) is 8.08. The molecule has 2 N–H and O–H groups in total. The molecule has 2 atom stereocenters. The lowest BCUT2D eigenvalue weighted by Crippen LogP contribution is -2.55. The fourth-order valence-electron chi connectivity index (χ4n) is 3.91. The molecule has 4 rings (SSSR count). The number of hydrogen-bond donors (Lipinski definition) is 2. The highest BCUT2D eigenvalue weighted by Crippen LogP contribution is 2.35. The molecule has 2 aliphatic rings. The van der Waals surface area contributed by atoms with Crippen LogP contribution in [0.25, 0.3) is 0 Å². The van der Waals surface area contributed by atoms with Crippen LogP contribution in [0, 0.1) is 5.41 Å². The van der Waals surface area contributed by atoms with Crippen LogP contribution >= 0.6 is 0 Å². The predicted octanol–water partition coefficient (Wildman–Crippen LogP) is 4.27. The molecule has 1 aliphatic heterocycles. The summed E-state index contributed by atoms with van der Waals surface area (Å²) in [6.07, 6.45) is 3.92. The van der Waals surface area contributed by atoms with E-state index in [2.05, 4.69) is 77.6 Å². The highest BCUT2D eigenvalue weighted by Gasteiger charge is 2.33. The molecule has 2 aromatic rings. The van der Waals surface area contributed by atoms with Crippen LogP contribution in [0.3, 0.4) is 0 Å². The molecule has 0 bridgehead atoms. The van der Waals surface area contributed by atoms with Crippen LogP contribution in [0.5, 0.6) is 0 Å². The molecule has 0 aromatic heterocycles. The lowest BCUT2D eigenvalue weighted by molar-refractivity contribution is 0.468. The Kier molecular flexibility index (Phi) is 5.46. The van der Waals surface area contributed by atoms with Gasteiger partial charge >= 0.3 is 0 Å². The average Bonchev–Trinajstić information content (AvgIpc) is 3.09. The summed E-state index contributed by atoms with van der Waals surface area (Å²) in [6, 6.07) is 20.4. The van der Waals surface area contributed by atoms with Gasteiger partial charge in [0.25, 0.3) is 0 Å². The molecule has 1 aliphatic carbocycles. The number of aliphatic imine (C=N–C) groups is 3. The van der Waals surface area contributed by atoms with E-state index in [4.69, 9.17) is 4.99 Å². The number of allylic oxidation sites excluding steroid dienone is 3. The smallest absolute Gasteiger partial charge is 0.131 e. The number of nitrogens with zero attached hydrogens (tertiary/aromatic N) is 3. The molecule has 0 spiro atoms. The van der Waals surface area contributed by atoms with E-state index in [1.54, 1.807) is 0 Å². The van der Waals surface area contributed by atoms with Crippen molar-refractivity contribution in [1.82, 2.24) is 10.6 Å². The lowest BCUT2D eigenvalue weighted by Gasteiger charge is -2.33. The Bertz CT molecular complexity index is 1050. The van der Waals surface area contributed by atoms with Crippen LogP contribution in [0.2, 0.25) is 0 Å². The van der Waals surface area contributed by atoms with Crippen molar-refractivity contribution in [2.75, 3.05) is 7.05 Å². The molecule has 0 saturated carbocycles. The predicted molar refractivity (Wildman–Crippen MR) is 125 cm³/mol. The Hall–Kier alpha value is -3.31. The zero-order valence-corrected chi connectivity index (χ0v) is 17.6. The zero-order valence-electron chi connectivity index (χ0n) is 17.6. The second kappa shape index (κ2) is 8.20. The zero-order chi connectivity index (χ0) is 21.1. The quantitative estimate of drug-likeness (QED) is 0.740. The molecular formula is C25H27N5. The Morgan fingerprint density at radius 3 is 2.30 bits per heavy atom. The minimum Gasteiger partial charge on any atom is -0.349 e. The highest BCUT2D eigenvalue weighted by atomic mass is 15.3. The number of hydrogen-bond acceptors (Lipinski definition) is 5. The first-order chi connectivity index (χ1) is 14.5. The molecule has 1 heterocycles. The number of nitrogens with one attached hydrogen (secondary N) is 2. The first-order valence-electron chi connectivity index (χ1n) is 10.1. The molecule has 30 heavy (non-hydrogen) atoms. The van der Waals surface area contributed by atoms with Gasteiger partial charge in [-0.2, -0.15) is 0 Å². The third-order valence-electron chi connectivity index (χ3n) is 5.29. The number of benzene rings is 2. The van der Waals surface area contributed by atoms with Crippen molar-refractivity contribution in [3.05, 3.63) is 95.2 Å². The Balaban J connectivity index is 1.74. The van der Waals surface area contributed by atoms with Crippen molar-refractivity contribution in [1.29, 1.82) is 0 Å². The van der Waals surface area contributed by atoms with Crippen molar-refractivity contribution in [3.8, 4) is 0 Å². The van der Waals surface area contributed by atoms with Gasteiger partial charge in [-0.1, -0.05) is 80.6 Å². The van der Waals surface area contributed by atoms with Crippen molar-refractivity contribution >= 4 is 18.3 Å². The van der Waals surface area contributed by atoms with Gasteiger partial charge in [-0.3, -0.25) is 15.3 Å². The van der Waals surface area contributed by atoms with E-state index in [0.717, 1.165) is 33.9 Å². The first kappa shape index (κ1) is 20.0. The van der Waals surface area contributed by atoms with E-state index in [-0.39, 0.29) is 17.7 Å². The highest BCUT2D eigenvalue weighted by molar-refractivity contribution is 6.11. The fraction of sp³-hybridized carbons (Fsp3) is 0.240. The van der Waals surface area contributed by atoms with Gasteiger partial charge in [-0.15, -0.1) is 0 Å². The Labute approximate surface area is 178 Å². The van der Waals surface area contributed by atoms with Crippen molar-refractivity contribution in [2.45, 2.75) is 26.2 Å². The maximum atomic E-state index is 4.95. The van der Waals surface area contributed by atoms with E-state index < -0.39 is 0 Å². The topological polar surface area (TPSA) is 61.1 Å². The van der Waals surface area contributed by atoms with Crippen LogP contribution in [0.15, 0.2) is 99.1 Å².